The van der Waals surface area contributed by atoms with E-state index in [4.69, 9.17) is 9.29 Å². The molecule has 0 aliphatic carbocycles. The Kier molecular flexibility index (Phi) is 4.74. The van der Waals surface area contributed by atoms with Crippen molar-refractivity contribution in [2.24, 2.45) is 0 Å². The van der Waals surface area contributed by atoms with Crippen molar-refractivity contribution in [1.29, 1.82) is 0 Å². The predicted molar refractivity (Wildman–Crippen MR) is 51.0 cm³/mol. The molecular formula is C9H9HgO3S. The van der Waals surface area contributed by atoms with Gasteiger partial charge in [-0.2, -0.15) is 0 Å². The average Bonchev–Trinajstić information content (AvgIpc) is 2.18. The number of carboxylic acids is 1. The summed E-state index contributed by atoms with van der Waals surface area (Å²) in [6, 6.07) is 5.21. The Bertz CT molecular complexity index is 341. The molecule has 0 amide bonds. The van der Waals surface area contributed by atoms with Crippen molar-refractivity contribution in [3.8, 4) is 5.75 Å². The molecule has 0 radical (unpaired) electrons. The van der Waals surface area contributed by atoms with E-state index in [9.17, 15) is 4.79 Å². The van der Waals surface area contributed by atoms with Crippen molar-refractivity contribution in [2.75, 3.05) is 0 Å². The van der Waals surface area contributed by atoms with E-state index in [2.05, 4.69) is 0 Å². The van der Waals surface area contributed by atoms with Crippen molar-refractivity contribution in [3.63, 3.8) is 0 Å². The predicted octanol–water partition coefficient (Wildman–Crippen LogP) is 2.44. The van der Waals surface area contributed by atoms with Gasteiger partial charge >= 0.3 is 102 Å². The van der Waals surface area contributed by atoms with E-state index in [1.54, 1.807) is 12.1 Å². The molecule has 0 aliphatic rings. The molecule has 1 N–H and O–H groups in total. The van der Waals surface area contributed by atoms with Crippen molar-refractivity contribution in [1.82, 2.24) is 0 Å². The normalized spacial score (nSPS) is 9.93. The maximum atomic E-state index is 10.9. The molecule has 1 rings (SSSR count). The third kappa shape index (κ3) is 2.64. The number of carbonyl (C=O) groups is 1. The van der Waals surface area contributed by atoms with Gasteiger partial charge < -0.3 is 0 Å². The van der Waals surface area contributed by atoms with Gasteiger partial charge in [-0.25, -0.2) is 0 Å². The van der Waals surface area contributed by atoms with Crippen molar-refractivity contribution in [3.05, 3.63) is 29.3 Å². The van der Waals surface area contributed by atoms with Crippen LogP contribution in [0.2, 0.25) is 0 Å². The van der Waals surface area contributed by atoms with Crippen LogP contribution in [0.5, 0.6) is 5.75 Å². The third-order valence-corrected chi connectivity index (χ3v) is 3.51. The summed E-state index contributed by atoms with van der Waals surface area (Å²) >= 11 is 0.443. The van der Waals surface area contributed by atoms with Crippen molar-refractivity contribution >= 4 is 14.5 Å². The second kappa shape index (κ2) is 5.61. The van der Waals surface area contributed by atoms with E-state index < -0.39 is 5.97 Å². The van der Waals surface area contributed by atoms with Gasteiger partial charge in [0, 0.05) is 0 Å². The fraction of sp³-hybridized carbons (Fsp3) is 0.222. The molecule has 0 saturated carbocycles. The summed E-state index contributed by atoms with van der Waals surface area (Å²) in [4.78, 5) is 10.9. The quantitative estimate of drug-likeness (QED) is 0.626. The van der Waals surface area contributed by atoms with Crippen molar-refractivity contribution in [2.45, 2.75) is 13.3 Å². The van der Waals surface area contributed by atoms with Gasteiger partial charge in [0.1, 0.15) is 0 Å². The van der Waals surface area contributed by atoms with E-state index in [1.165, 1.54) is 8.52 Å². The molecule has 0 unspecified atom stereocenters. The van der Waals surface area contributed by atoms with Gasteiger partial charge in [-0.05, 0) is 0 Å². The van der Waals surface area contributed by atoms with Crippen LogP contribution in [-0.4, -0.2) is 11.1 Å². The molecule has 71 valence electrons. The van der Waals surface area contributed by atoms with E-state index in [0.717, 1.165) is 12.0 Å². The molecule has 0 bridgehead atoms. The van der Waals surface area contributed by atoms with Crippen LogP contribution >= 0.6 is 8.52 Å². The molecule has 0 aromatic heterocycles. The summed E-state index contributed by atoms with van der Waals surface area (Å²) in [5.74, 6) is -0.416. The molecule has 0 heterocycles. The number of hydrogen-bond acceptors (Lipinski definition) is 3. The summed E-state index contributed by atoms with van der Waals surface area (Å²) in [5.41, 5.74) is 1.20. The number of rotatable bonds is 4. The van der Waals surface area contributed by atoms with Gasteiger partial charge in [0.05, 0.1) is 0 Å². The Morgan fingerprint density at radius 1 is 1.64 bits per heavy atom. The molecule has 5 heteroatoms. The van der Waals surface area contributed by atoms with Crippen LogP contribution in [0.4, 0.5) is 0 Å². The Balaban J connectivity index is 3.20. The third-order valence-electron chi connectivity index (χ3n) is 1.85. The Labute approximate surface area is 101 Å². The van der Waals surface area contributed by atoms with Gasteiger partial charge in [0.25, 0.3) is 0 Å². The number of benzene rings is 1. The molecule has 0 aliphatic heterocycles. The second-order valence-electron chi connectivity index (χ2n) is 2.65. The zero-order chi connectivity index (χ0) is 10.6. The van der Waals surface area contributed by atoms with Crippen LogP contribution in [0.3, 0.4) is 0 Å². The van der Waals surface area contributed by atoms with Crippen LogP contribution in [0.15, 0.2) is 18.2 Å². The zero-order valence-electron chi connectivity index (χ0n) is 7.82. The minimum absolute atomic E-state index is 0.252. The van der Waals surface area contributed by atoms with E-state index in [0.29, 0.717) is 30.4 Å². The van der Waals surface area contributed by atoms with Crippen LogP contribution in [0.25, 0.3) is 0 Å². The molecule has 1 aromatic rings. The number of hydrogen-bond donors (Lipinski definition) is 1. The topological polar surface area (TPSA) is 46.5 Å². The number of aromatic carboxylic acids is 1. The molecule has 3 nitrogen and oxygen atoms in total. The van der Waals surface area contributed by atoms with Crippen LogP contribution in [0, 0.1) is 0 Å². The molecule has 1 aromatic carbocycles. The van der Waals surface area contributed by atoms with Crippen LogP contribution in [0.1, 0.15) is 22.8 Å². The zero-order valence-corrected chi connectivity index (χ0v) is 14.1. The monoisotopic (exact) mass is 399 g/mol. The van der Waals surface area contributed by atoms with Crippen LogP contribution < -0.4 is 4.18 Å². The summed E-state index contributed by atoms with van der Waals surface area (Å²) in [7, 11) is 1.35. The molecule has 0 saturated heterocycles. The molecule has 0 spiro atoms. The molecule has 0 atom stereocenters. The number of aryl methyl sites for hydroxylation is 1. The molecule has 14 heavy (non-hydrogen) atoms. The Morgan fingerprint density at radius 3 is 2.86 bits per heavy atom. The summed E-state index contributed by atoms with van der Waals surface area (Å²) in [6.07, 6.45) is 0.783. The van der Waals surface area contributed by atoms with Crippen LogP contribution in [-0.2, 0) is 31.0 Å². The Hall–Kier alpha value is -0.225. The summed E-state index contributed by atoms with van der Waals surface area (Å²) < 4.78 is 5.34. The SMILES string of the molecule is CCc1cccc(C(=O)O)c1O[S][Hg]. The first kappa shape index (κ1) is 11.8. The van der Waals surface area contributed by atoms with E-state index >= 15 is 0 Å². The number of para-hydroxylation sites is 1. The Morgan fingerprint density at radius 2 is 2.36 bits per heavy atom. The fourth-order valence-electron chi connectivity index (χ4n) is 1.19. The first-order valence-corrected chi connectivity index (χ1v) is 11.8. The standard InChI is InChI=1S/C9H10O3S.Hg/c1-2-6-4-3-5-7(9(10)11)8(6)12-13;/h3-5,13H,2H2,1H3,(H,10,11);/q;+1/p-1. The first-order chi connectivity index (χ1) is 6.70. The van der Waals surface area contributed by atoms with E-state index in [1.807, 2.05) is 13.0 Å². The molecular weight excluding hydrogens is 389 g/mol. The van der Waals surface area contributed by atoms with Gasteiger partial charge in [-0.3, -0.25) is 0 Å². The maximum absolute atomic E-state index is 10.9. The van der Waals surface area contributed by atoms with Gasteiger partial charge in [-0.1, -0.05) is 0 Å². The van der Waals surface area contributed by atoms with Crippen molar-refractivity contribution < 1.29 is 38.7 Å². The second-order valence-corrected chi connectivity index (χ2v) is 5.80. The minimum atomic E-state index is -0.933. The first-order valence-electron chi connectivity index (χ1n) is 4.14. The fourth-order valence-corrected chi connectivity index (χ4v) is 2.88. The van der Waals surface area contributed by atoms with E-state index in [-0.39, 0.29) is 5.56 Å². The van der Waals surface area contributed by atoms with Gasteiger partial charge in [-0.15, -0.1) is 0 Å². The van der Waals surface area contributed by atoms with Gasteiger partial charge in [0.2, 0.25) is 0 Å². The summed E-state index contributed by atoms with van der Waals surface area (Å²) in [5, 5.41) is 8.94. The molecule has 0 fully saturated rings. The number of carboxylic acid groups (broad SMARTS) is 1. The average molecular weight is 398 g/mol. The summed E-state index contributed by atoms with van der Waals surface area (Å²) in [6.45, 7) is 1.98. The van der Waals surface area contributed by atoms with Gasteiger partial charge in [0.15, 0.2) is 0 Å².